The minimum atomic E-state index is -0.204. The molecule has 0 spiro atoms. The molecule has 0 unspecified atom stereocenters. The fourth-order valence-corrected chi connectivity index (χ4v) is 15.1. The van der Waals surface area contributed by atoms with Crippen molar-refractivity contribution in [3.63, 3.8) is 0 Å². The molecule has 0 nitrogen and oxygen atoms in total. The molecule has 0 radical (unpaired) electrons. The fraction of sp³-hybridized carbons (Fsp3) is 1.00. The summed E-state index contributed by atoms with van der Waals surface area (Å²) in [4.78, 5) is 0. The lowest BCUT2D eigenvalue weighted by Gasteiger charge is -2.18. The van der Waals surface area contributed by atoms with Gasteiger partial charge in [-0.3, -0.25) is 0 Å². The van der Waals surface area contributed by atoms with Crippen LogP contribution < -0.4 is 0 Å². The van der Waals surface area contributed by atoms with E-state index < -0.39 is 0 Å². The van der Waals surface area contributed by atoms with Crippen molar-refractivity contribution in [2.45, 2.75) is 0 Å². The van der Waals surface area contributed by atoms with Gasteiger partial charge in [-0.1, -0.05) is 10.8 Å². The zero-order chi connectivity index (χ0) is 5.33. The Morgan fingerprint density at radius 1 is 1.43 bits per heavy atom. The largest absolute Gasteiger partial charge is 0.177 e. The molecule has 0 aromatic heterocycles. The van der Waals surface area contributed by atoms with E-state index in [1.807, 2.05) is 20.6 Å². The van der Waals surface area contributed by atoms with E-state index in [9.17, 15) is 0 Å². The number of hydrogen-bond donors (Lipinski definition) is 0. The van der Waals surface area contributed by atoms with E-state index in [0.29, 0.717) is 0 Å². The molecule has 0 aromatic carbocycles. The van der Waals surface area contributed by atoms with Gasteiger partial charge in [0.25, 0.3) is 0 Å². The van der Waals surface area contributed by atoms with Gasteiger partial charge in [-0.05, 0) is 32.2 Å². The molecule has 0 saturated carbocycles. The third-order valence-electron chi connectivity index (χ3n) is 0.592. The van der Waals surface area contributed by atoms with E-state index in [-0.39, 0.29) is 9.06 Å². The Hall–Kier alpha value is 1.40. The van der Waals surface area contributed by atoms with Crippen molar-refractivity contribution < 1.29 is 0 Å². The van der Waals surface area contributed by atoms with E-state index in [0.717, 1.165) is 0 Å². The Kier molecular flexibility index (Phi) is 2.17. The van der Waals surface area contributed by atoms with Crippen LogP contribution in [0.1, 0.15) is 0 Å². The maximum absolute atomic E-state index is 2.37. The lowest BCUT2D eigenvalue weighted by Crippen LogP contribution is -1.82. The zero-order valence-electron chi connectivity index (χ0n) is 4.34. The van der Waals surface area contributed by atoms with Gasteiger partial charge in [0, 0.05) is 5.08 Å². The van der Waals surface area contributed by atoms with Gasteiger partial charge in [-0.2, -0.15) is 9.06 Å². The first-order valence-electron chi connectivity index (χ1n) is 1.89. The van der Waals surface area contributed by atoms with E-state index in [2.05, 4.69) is 22.3 Å². The molecule has 0 atom stereocenters. The topological polar surface area (TPSA) is 0 Å². The third-order valence-corrected chi connectivity index (χ3v) is 13.2. The summed E-state index contributed by atoms with van der Waals surface area (Å²) >= 11 is 0. The van der Waals surface area contributed by atoms with Crippen LogP contribution in [-0.2, 0) is 0 Å². The molecule has 0 bridgehead atoms. The van der Waals surface area contributed by atoms with Gasteiger partial charge in [-0.25, -0.2) is 0 Å². The van der Waals surface area contributed by atoms with Crippen LogP contribution in [0.25, 0.3) is 0 Å². The molecule has 0 aromatic rings. The van der Waals surface area contributed by atoms with Crippen LogP contribution in [0.4, 0.5) is 0 Å². The molecule has 1 aliphatic rings. The van der Waals surface area contributed by atoms with Gasteiger partial charge in [0.2, 0.25) is 0 Å². The van der Waals surface area contributed by atoms with Gasteiger partial charge in [0.05, 0.1) is 0 Å². The van der Waals surface area contributed by atoms with Crippen molar-refractivity contribution in [1.82, 2.24) is 0 Å². The fourth-order valence-electron chi connectivity index (χ4n) is 0.250. The van der Waals surface area contributed by atoms with Crippen LogP contribution in [0.15, 0.2) is 0 Å². The third kappa shape index (κ3) is 2.00. The normalized spacial score (nSPS) is 32.9. The van der Waals surface area contributed by atoms with E-state index >= 15 is 0 Å². The van der Waals surface area contributed by atoms with Gasteiger partial charge in [0.1, 0.15) is 0 Å². The van der Waals surface area contributed by atoms with Gasteiger partial charge >= 0.3 is 0 Å². The highest BCUT2D eigenvalue weighted by molar-refractivity contribution is 9.36. The summed E-state index contributed by atoms with van der Waals surface area (Å²) in [7, 11) is 5.81. The minimum Gasteiger partial charge on any atom is -0.177 e. The summed E-state index contributed by atoms with van der Waals surface area (Å²) in [5.41, 5.74) is 0. The lowest BCUT2D eigenvalue weighted by molar-refractivity contribution is 2.11. The second-order valence-corrected chi connectivity index (χ2v) is 12.8. The second kappa shape index (κ2) is 2.33. The van der Waals surface area contributed by atoms with E-state index in [1.54, 1.807) is 0 Å². The van der Waals surface area contributed by atoms with Gasteiger partial charge in [-0.15, -0.1) is 0 Å². The molecule has 0 aliphatic carbocycles. The average Bonchev–Trinajstić information content (AvgIpc) is 1.84. The zero-order valence-corrected chi connectivity index (χ0v) is 7.61. The van der Waals surface area contributed by atoms with Crippen molar-refractivity contribution in [2.75, 3.05) is 17.6 Å². The minimum absolute atomic E-state index is 0.204. The lowest BCUT2D eigenvalue weighted by atomic mass is 11.8. The predicted octanol–water partition coefficient (Wildman–Crippen LogP) is 2.97. The maximum Gasteiger partial charge on any atom is 0.0433 e. The SMILES string of the molecule is CS1(C)CSSS1. The van der Waals surface area contributed by atoms with Crippen molar-refractivity contribution in [3.05, 3.63) is 0 Å². The summed E-state index contributed by atoms with van der Waals surface area (Å²) in [5.74, 6) is 0. The molecule has 4 heteroatoms. The molecule has 1 aliphatic heterocycles. The molecule has 1 heterocycles. The first-order valence-corrected chi connectivity index (χ1v) is 8.68. The Morgan fingerprint density at radius 2 is 2.14 bits per heavy atom. The van der Waals surface area contributed by atoms with Crippen LogP contribution in [0.3, 0.4) is 0 Å². The monoisotopic (exact) mass is 172 g/mol. The standard InChI is InChI=1S/C3H8S4/c1-7(2)3-4-5-6-7/h3H2,1-2H3. The molecule has 1 saturated heterocycles. The highest BCUT2D eigenvalue weighted by Crippen LogP contribution is 2.71. The van der Waals surface area contributed by atoms with Crippen LogP contribution in [0.2, 0.25) is 0 Å². The molecule has 44 valence electrons. The molecule has 0 amide bonds. The molecule has 7 heavy (non-hydrogen) atoms. The Labute approximate surface area is 57.1 Å². The van der Waals surface area contributed by atoms with Crippen LogP contribution in [-0.4, -0.2) is 17.6 Å². The van der Waals surface area contributed by atoms with Gasteiger partial charge < -0.3 is 0 Å². The first kappa shape index (κ1) is 6.52. The van der Waals surface area contributed by atoms with Crippen LogP contribution in [0, 0.1) is 0 Å². The van der Waals surface area contributed by atoms with Crippen molar-refractivity contribution in [2.24, 2.45) is 0 Å². The summed E-state index contributed by atoms with van der Waals surface area (Å²) in [6.07, 6.45) is 4.73. The average molecular weight is 172 g/mol. The Morgan fingerprint density at radius 3 is 2.29 bits per heavy atom. The predicted molar refractivity (Wildman–Crippen MR) is 47.1 cm³/mol. The van der Waals surface area contributed by atoms with E-state index in [4.69, 9.17) is 0 Å². The summed E-state index contributed by atoms with van der Waals surface area (Å²) in [6.45, 7) is 0. The summed E-state index contributed by atoms with van der Waals surface area (Å²) < 4.78 is 0. The first-order chi connectivity index (χ1) is 3.21. The number of hydrogen-bond acceptors (Lipinski definition) is 3. The molecule has 1 rings (SSSR count). The Balaban J connectivity index is 2.40. The Bertz CT molecular complexity index is 61.3. The summed E-state index contributed by atoms with van der Waals surface area (Å²) in [6, 6.07) is 0. The molecular formula is C3H8S4. The van der Waals surface area contributed by atoms with E-state index in [1.165, 1.54) is 5.08 Å². The molecule has 0 N–H and O–H groups in total. The quantitative estimate of drug-likeness (QED) is 0.516. The van der Waals surface area contributed by atoms with Crippen LogP contribution >= 0.6 is 39.5 Å². The smallest absolute Gasteiger partial charge is 0.0433 e. The highest BCUT2D eigenvalue weighted by Gasteiger charge is 2.19. The van der Waals surface area contributed by atoms with Gasteiger partial charge in [0.15, 0.2) is 0 Å². The molecule has 1 fully saturated rings. The highest BCUT2D eigenvalue weighted by atomic mass is 33.7. The van der Waals surface area contributed by atoms with Crippen molar-refractivity contribution in [3.8, 4) is 0 Å². The maximum atomic E-state index is 2.37. The summed E-state index contributed by atoms with van der Waals surface area (Å²) in [5, 5.41) is 1.38. The second-order valence-electron chi connectivity index (χ2n) is 1.81. The molecular weight excluding hydrogens is 164 g/mol. The van der Waals surface area contributed by atoms with Crippen LogP contribution in [0.5, 0.6) is 0 Å². The van der Waals surface area contributed by atoms with Crippen molar-refractivity contribution >= 4 is 39.5 Å². The van der Waals surface area contributed by atoms with Crippen molar-refractivity contribution in [1.29, 1.82) is 0 Å². The number of rotatable bonds is 0.